The average Bonchev–Trinajstić information content (AvgIpc) is 2.38. The third-order valence-electron chi connectivity index (χ3n) is 2.84. The van der Waals surface area contributed by atoms with E-state index in [9.17, 15) is 18.0 Å². The summed E-state index contributed by atoms with van der Waals surface area (Å²) in [6.45, 7) is 1.72. The van der Waals surface area contributed by atoms with E-state index in [1.165, 1.54) is 36.5 Å². The van der Waals surface area contributed by atoms with Gasteiger partial charge >= 0.3 is 0 Å². The SMILES string of the molecule is Cc1cc(=O)c(C(=O)Nc2ccc(S(C)(=O)=O)cc2)c[nH]1. The standard InChI is InChI=1S/C14H14N2O4S/c1-9-7-13(17)12(8-15-9)14(18)16-10-3-5-11(6-4-10)21(2,19)20/h3-8H,1-2H3,(H,15,17)(H,16,18). The van der Waals surface area contributed by atoms with Crippen molar-refractivity contribution in [2.45, 2.75) is 11.8 Å². The monoisotopic (exact) mass is 306 g/mol. The molecule has 0 aliphatic heterocycles. The van der Waals surface area contributed by atoms with Crippen LogP contribution in [0, 0.1) is 6.92 Å². The lowest BCUT2D eigenvalue weighted by Gasteiger charge is -2.06. The Morgan fingerprint density at radius 2 is 1.81 bits per heavy atom. The second kappa shape index (κ2) is 5.53. The number of sulfone groups is 1. The van der Waals surface area contributed by atoms with Crippen molar-refractivity contribution in [1.29, 1.82) is 0 Å². The highest BCUT2D eigenvalue weighted by molar-refractivity contribution is 7.90. The van der Waals surface area contributed by atoms with Crippen LogP contribution in [0.5, 0.6) is 0 Å². The Hall–Kier alpha value is -2.41. The normalized spacial score (nSPS) is 11.1. The molecule has 0 radical (unpaired) electrons. The Balaban J connectivity index is 2.22. The first-order chi connectivity index (χ1) is 9.77. The van der Waals surface area contributed by atoms with Gasteiger partial charge in [-0.1, -0.05) is 0 Å². The summed E-state index contributed by atoms with van der Waals surface area (Å²) in [4.78, 5) is 26.6. The van der Waals surface area contributed by atoms with Crippen LogP contribution in [-0.4, -0.2) is 25.6 Å². The van der Waals surface area contributed by atoms with Crippen LogP contribution < -0.4 is 10.7 Å². The van der Waals surface area contributed by atoms with E-state index in [2.05, 4.69) is 10.3 Å². The van der Waals surface area contributed by atoms with Crippen molar-refractivity contribution in [2.75, 3.05) is 11.6 Å². The molecule has 0 saturated carbocycles. The van der Waals surface area contributed by atoms with Crippen molar-refractivity contribution in [2.24, 2.45) is 0 Å². The number of aryl methyl sites for hydroxylation is 1. The molecule has 0 saturated heterocycles. The first-order valence-electron chi connectivity index (χ1n) is 6.08. The minimum absolute atomic E-state index is 0.00668. The van der Waals surface area contributed by atoms with Gasteiger partial charge in [0.05, 0.1) is 4.90 Å². The van der Waals surface area contributed by atoms with Gasteiger partial charge in [0.1, 0.15) is 5.56 Å². The molecule has 1 heterocycles. The van der Waals surface area contributed by atoms with Gasteiger partial charge in [-0.15, -0.1) is 0 Å². The third-order valence-corrected chi connectivity index (χ3v) is 3.97. The number of hydrogen-bond acceptors (Lipinski definition) is 4. The van der Waals surface area contributed by atoms with Gasteiger partial charge in [0.25, 0.3) is 5.91 Å². The van der Waals surface area contributed by atoms with Crippen molar-refractivity contribution in [3.05, 3.63) is 58.0 Å². The second-order valence-electron chi connectivity index (χ2n) is 4.64. The average molecular weight is 306 g/mol. The molecule has 0 aliphatic carbocycles. The van der Waals surface area contributed by atoms with E-state index in [1.54, 1.807) is 6.92 Å². The molecule has 2 aromatic rings. The number of rotatable bonds is 3. The minimum Gasteiger partial charge on any atom is -0.364 e. The predicted molar refractivity (Wildman–Crippen MR) is 79.3 cm³/mol. The fourth-order valence-electron chi connectivity index (χ4n) is 1.73. The van der Waals surface area contributed by atoms with Crippen LogP contribution in [0.3, 0.4) is 0 Å². The van der Waals surface area contributed by atoms with Crippen LogP contribution in [-0.2, 0) is 9.84 Å². The lowest BCUT2D eigenvalue weighted by molar-refractivity contribution is 0.102. The molecule has 7 heteroatoms. The molecule has 1 aromatic heterocycles. The first-order valence-corrected chi connectivity index (χ1v) is 7.97. The molecule has 1 aromatic carbocycles. The van der Waals surface area contributed by atoms with E-state index < -0.39 is 15.7 Å². The molecule has 0 bridgehead atoms. The Bertz CT molecular complexity index is 836. The van der Waals surface area contributed by atoms with Crippen LogP contribution >= 0.6 is 0 Å². The van der Waals surface area contributed by atoms with Gasteiger partial charge < -0.3 is 10.3 Å². The van der Waals surface area contributed by atoms with Gasteiger partial charge in [0.2, 0.25) is 0 Å². The van der Waals surface area contributed by atoms with E-state index >= 15 is 0 Å². The van der Waals surface area contributed by atoms with Crippen LogP contribution in [0.4, 0.5) is 5.69 Å². The maximum absolute atomic E-state index is 12.0. The Morgan fingerprint density at radius 3 is 2.33 bits per heavy atom. The summed E-state index contributed by atoms with van der Waals surface area (Å²) in [7, 11) is -3.28. The van der Waals surface area contributed by atoms with Gasteiger partial charge in [-0.05, 0) is 31.2 Å². The topological polar surface area (TPSA) is 96.1 Å². The highest BCUT2D eigenvalue weighted by atomic mass is 32.2. The Kier molecular flexibility index (Phi) is 3.95. The summed E-state index contributed by atoms with van der Waals surface area (Å²) in [5.74, 6) is -0.552. The molecular weight excluding hydrogens is 292 g/mol. The molecule has 2 rings (SSSR count). The molecular formula is C14H14N2O4S. The maximum Gasteiger partial charge on any atom is 0.261 e. The number of carbonyl (C=O) groups is 1. The summed E-state index contributed by atoms with van der Waals surface area (Å²) >= 11 is 0. The number of anilines is 1. The summed E-state index contributed by atoms with van der Waals surface area (Å²) in [6.07, 6.45) is 2.45. The van der Waals surface area contributed by atoms with Crippen LogP contribution in [0.1, 0.15) is 16.1 Å². The Labute approximate surface area is 121 Å². The fraction of sp³-hybridized carbons (Fsp3) is 0.143. The largest absolute Gasteiger partial charge is 0.364 e. The van der Waals surface area contributed by atoms with Gasteiger partial charge in [-0.25, -0.2) is 8.42 Å². The lowest BCUT2D eigenvalue weighted by atomic mass is 10.2. The van der Waals surface area contributed by atoms with Crippen molar-refractivity contribution in [3.63, 3.8) is 0 Å². The van der Waals surface area contributed by atoms with Crippen molar-refractivity contribution in [1.82, 2.24) is 4.98 Å². The second-order valence-corrected chi connectivity index (χ2v) is 6.66. The van der Waals surface area contributed by atoms with Gasteiger partial charge in [-0.3, -0.25) is 9.59 Å². The number of aromatic nitrogens is 1. The van der Waals surface area contributed by atoms with Crippen molar-refractivity contribution in [3.8, 4) is 0 Å². The molecule has 0 aliphatic rings. The number of benzene rings is 1. The highest BCUT2D eigenvalue weighted by Gasteiger charge is 2.11. The summed E-state index contributed by atoms with van der Waals surface area (Å²) < 4.78 is 22.7. The highest BCUT2D eigenvalue weighted by Crippen LogP contribution is 2.14. The predicted octanol–water partition coefficient (Wildman–Crippen LogP) is 1.34. The Morgan fingerprint density at radius 1 is 1.19 bits per heavy atom. The number of nitrogens with one attached hydrogen (secondary N) is 2. The van der Waals surface area contributed by atoms with Crippen LogP contribution in [0.15, 0.2) is 46.2 Å². The molecule has 2 N–H and O–H groups in total. The van der Waals surface area contributed by atoms with Crippen molar-refractivity contribution >= 4 is 21.4 Å². The molecule has 6 nitrogen and oxygen atoms in total. The summed E-state index contributed by atoms with van der Waals surface area (Å²) in [5, 5.41) is 2.54. The number of aromatic amines is 1. The van der Waals surface area contributed by atoms with E-state index in [0.717, 1.165) is 6.26 Å². The minimum atomic E-state index is -3.28. The third kappa shape index (κ3) is 3.57. The first kappa shape index (κ1) is 15.0. The molecule has 21 heavy (non-hydrogen) atoms. The quantitative estimate of drug-likeness (QED) is 0.894. The zero-order valence-corrected chi connectivity index (χ0v) is 12.3. The molecule has 0 atom stereocenters. The van der Waals surface area contributed by atoms with E-state index in [0.29, 0.717) is 11.4 Å². The smallest absolute Gasteiger partial charge is 0.261 e. The number of carbonyl (C=O) groups excluding carboxylic acids is 1. The zero-order chi connectivity index (χ0) is 15.6. The zero-order valence-electron chi connectivity index (χ0n) is 11.5. The van der Waals surface area contributed by atoms with E-state index in [4.69, 9.17) is 0 Å². The molecule has 0 unspecified atom stereocenters. The van der Waals surface area contributed by atoms with Gasteiger partial charge in [0.15, 0.2) is 15.3 Å². The van der Waals surface area contributed by atoms with E-state index in [-0.39, 0.29) is 15.9 Å². The fourth-order valence-corrected chi connectivity index (χ4v) is 2.36. The molecule has 0 fully saturated rings. The number of hydrogen-bond donors (Lipinski definition) is 2. The van der Waals surface area contributed by atoms with Crippen LogP contribution in [0.2, 0.25) is 0 Å². The van der Waals surface area contributed by atoms with Gasteiger partial charge in [0, 0.05) is 29.9 Å². The summed E-state index contributed by atoms with van der Waals surface area (Å²) in [6, 6.07) is 7.06. The number of amides is 1. The molecule has 110 valence electrons. The van der Waals surface area contributed by atoms with Crippen LogP contribution in [0.25, 0.3) is 0 Å². The summed E-state index contributed by atoms with van der Waals surface area (Å²) in [5.41, 5.74) is 0.686. The molecule has 0 spiro atoms. The molecule has 1 amide bonds. The number of H-pyrrole nitrogens is 1. The number of pyridine rings is 1. The van der Waals surface area contributed by atoms with Gasteiger partial charge in [-0.2, -0.15) is 0 Å². The van der Waals surface area contributed by atoms with Crippen molar-refractivity contribution < 1.29 is 13.2 Å². The maximum atomic E-state index is 12.0. The van der Waals surface area contributed by atoms with E-state index in [1.807, 2.05) is 0 Å². The lowest BCUT2D eigenvalue weighted by Crippen LogP contribution is -2.21.